The molecule has 2 atom stereocenters. The molecule has 0 bridgehead atoms. The Kier molecular flexibility index (Phi) is 3.95. The van der Waals surface area contributed by atoms with Crippen LogP contribution in [0.15, 0.2) is 12.1 Å². The fourth-order valence-electron chi connectivity index (χ4n) is 1.93. The van der Waals surface area contributed by atoms with Crippen molar-refractivity contribution in [2.45, 2.75) is 46.8 Å². The number of aliphatic hydroxyl groups excluding tert-OH is 2. The van der Waals surface area contributed by atoms with E-state index in [0.29, 0.717) is 5.56 Å². The van der Waals surface area contributed by atoms with Gasteiger partial charge in [0.2, 0.25) is 0 Å². The lowest BCUT2D eigenvalue weighted by Gasteiger charge is -2.31. The number of rotatable bonds is 2. The zero-order valence-electron chi connectivity index (χ0n) is 11.1. The van der Waals surface area contributed by atoms with Gasteiger partial charge in [-0.15, -0.1) is 0 Å². The van der Waals surface area contributed by atoms with Crippen molar-refractivity contribution in [3.8, 4) is 0 Å². The van der Waals surface area contributed by atoms with Crippen LogP contribution in [0.25, 0.3) is 0 Å². The largest absolute Gasteiger partial charge is 0.390 e. The van der Waals surface area contributed by atoms with Gasteiger partial charge in [-0.05, 0) is 36.5 Å². The van der Waals surface area contributed by atoms with Gasteiger partial charge in [0.1, 0.15) is 11.9 Å². The lowest BCUT2D eigenvalue weighted by Crippen LogP contribution is -2.33. The minimum atomic E-state index is -1.20. The molecule has 0 saturated carbocycles. The van der Waals surface area contributed by atoms with Gasteiger partial charge in [0.15, 0.2) is 0 Å². The van der Waals surface area contributed by atoms with Crippen LogP contribution in [0.4, 0.5) is 4.39 Å². The summed E-state index contributed by atoms with van der Waals surface area (Å²) >= 11 is 0. The van der Waals surface area contributed by atoms with Crippen LogP contribution in [0.2, 0.25) is 0 Å². The first-order valence-corrected chi connectivity index (χ1v) is 5.77. The quantitative estimate of drug-likeness (QED) is 0.834. The Bertz CT molecular complexity index is 384. The summed E-state index contributed by atoms with van der Waals surface area (Å²) in [6, 6.07) is 3.18. The Morgan fingerprint density at radius 1 is 1.12 bits per heavy atom. The SMILES string of the molecule is Cc1cc(C)c(C(O)C(O)C(C)(C)C)c(F)c1. The molecule has 2 nitrogen and oxygen atoms in total. The smallest absolute Gasteiger partial charge is 0.129 e. The molecule has 0 fully saturated rings. The van der Waals surface area contributed by atoms with Gasteiger partial charge in [0.25, 0.3) is 0 Å². The molecule has 0 aliphatic rings. The van der Waals surface area contributed by atoms with Crippen LogP contribution < -0.4 is 0 Å². The van der Waals surface area contributed by atoms with Crippen LogP contribution in [-0.2, 0) is 0 Å². The molecule has 0 aromatic heterocycles. The summed E-state index contributed by atoms with van der Waals surface area (Å²) < 4.78 is 13.8. The molecule has 1 rings (SSSR count). The van der Waals surface area contributed by atoms with E-state index >= 15 is 0 Å². The molecule has 0 aliphatic carbocycles. The first-order valence-electron chi connectivity index (χ1n) is 5.77. The van der Waals surface area contributed by atoms with Gasteiger partial charge >= 0.3 is 0 Å². The van der Waals surface area contributed by atoms with Crippen molar-refractivity contribution in [2.24, 2.45) is 5.41 Å². The molecule has 2 N–H and O–H groups in total. The maximum absolute atomic E-state index is 13.8. The minimum Gasteiger partial charge on any atom is -0.390 e. The third-order valence-corrected chi connectivity index (χ3v) is 2.96. The van der Waals surface area contributed by atoms with E-state index in [1.807, 2.05) is 20.8 Å². The fraction of sp³-hybridized carbons (Fsp3) is 0.571. The van der Waals surface area contributed by atoms with E-state index < -0.39 is 23.4 Å². The number of hydrogen-bond donors (Lipinski definition) is 2. The average Bonchev–Trinajstić information content (AvgIpc) is 2.13. The van der Waals surface area contributed by atoms with E-state index in [9.17, 15) is 14.6 Å². The van der Waals surface area contributed by atoms with Gasteiger partial charge in [0, 0.05) is 5.56 Å². The summed E-state index contributed by atoms with van der Waals surface area (Å²) in [7, 11) is 0. The molecule has 0 spiro atoms. The number of aryl methyl sites for hydroxylation is 2. The number of benzene rings is 1. The molecular weight excluding hydrogens is 219 g/mol. The van der Waals surface area contributed by atoms with E-state index in [2.05, 4.69) is 0 Å². The lowest BCUT2D eigenvalue weighted by molar-refractivity contribution is -0.0475. The van der Waals surface area contributed by atoms with Crippen LogP contribution in [0.3, 0.4) is 0 Å². The molecule has 17 heavy (non-hydrogen) atoms. The third kappa shape index (κ3) is 3.05. The third-order valence-electron chi connectivity index (χ3n) is 2.96. The molecular formula is C14H21FO2. The van der Waals surface area contributed by atoms with Gasteiger partial charge in [-0.3, -0.25) is 0 Å². The molecule has 0 aliphatic heterocycles. The topological polar surface area (TPSA) is 40.5 Å². The highest BCUT2D eigenvalue weighted by molar-refractivity contribution is 5.34. The van der Waals surface area contributed by atoms with Crippen molar-refractivity contribution < 1.29 is 14.6 Å². The zero-order chi connectivity index (χ0) is 13.4. The highest BCUT2D eigenvalue weighted by atomic mass is 19.1. The van der Waals surface area contributed by atoms with Crippen molar-refractivity contribution >= 4 is 0 Å². The predicted molar refractivity (Wildman–Crippen MR) is 66.3 cm³/mol. The second kappa shape index (κ2) is 4.75. The average molecular weight is 240 g/mol. The molecule has 0 radical (unpaired) electrons. The van der Waals surface area contributed by atoms with Crippen LogP contribution >= 0.6 is 0 Å². The van der Waals surface area contributed by atoms with Gasteiger partial charge in [-0.25, -0.2) is 4.39 Å². The summed E-state index contributed by atoms with van der Waals surface area (Å²) in [6.07, 6.45) is -2.20. The summed E-state index contributed by atoms with van der Waals surface area (Å²) in [5.41, 5.74) is 1.17. The number of hydrogen-bond acceptors (Lipinski definition) is 2. The number of halogens is 1. The summed E-state index contributed by atoms with van der Waals surface area (Å²) in [5, 5.41) is 20.1. The van der Waals surface area contributed by atoms with Crippen molar-refractivity contribution in [1.29, 1.82) is 0 Å². The molecule has 0 saturated heterocycles. The lowest BCUT2D eigenvalue weighted by atomic mass is 9.82. The second-order valence-electron chi connectivity index (χ2n) is 5.73. The fourth-order valence-corrected chi connectivity index (χ4v) is 1.93. The highest BCUT2D eigenvalue weighted by Gasteiger charge is 2.32. The molecule has 1 aromatic rings. The van der Waals surface area contributed by atoms with E-state index in [1.54, 1.807) is 19.9 Å². The molecule has 0 heterocycles. The van der Waals surface area contributed by atoms with Gasteiger partial charge < -0.3 is 10.2 Å². The van der Waals surface area contributed by atoms with Crippen molar-refractivity contribution in [2.75, 3.05) is 0 Å². The molecule has 0 amide bonds. The second-order valence-corrected chi connectivity index (χ2v) is 5.73. The predicted octanol–water partition coefficient (Wildman–Crippen LogP) is 2.88. The molecule has 2 unspecified atom stereocenters. The van der Waals surface area contributed by atoms with E-state index in [-0.39, 0.29) is 5.56 Å². The molecule has 1 aromatic carbocycles. The maximum atomic E-state index is 13.8. The summed E-state index contributed by atoms with van der Waals surface area (Å²) in [4.78, 5) is 0. The monoisotopic (exact) mass is 240 g/mol. The summed E-state index contributed by atoms with van der Waals surface area (Å²) in [6.45, 7) is 8.96. The first-order chi connectivity index (χ1) is 7.64. The van der Waals surface area contributed by atoms with E-state index in [1.165, 1.54) is 6.07 Å². The summed E-state index contributed by atoms with van der Waals surface area (Å²) in [5.74, 6) is -0.460. The Balaban J connectivity index is 3.17. The van der Waals surface area contributed by atoms with Gasteiger partial charge in [-0.2, -0.15) is 0 Å². The minimum absolute atomic E-state index is 0.193. The van der Waals surface area contributed by atoms with Crippen LogP contribution in [0.1, 0.15) is 43.6 Å². The Labute approximate surface area is 102 Å². The van der Waals surface area contributed by atoms with Crippen molar-refractivity contribution in [3.63, 3.8) is 0 Å². The Morgan fingerprint density at radius 3 is 2.06 bits per heavy atom. The standard InChI is InChI=1S/C14H21FO2/c1-8-6-9(2)11(10(15)7-8)12(16)13(17)14(3,4)5/h6-7,12-13,16-17H,1-5H3. The van der Waals surface area contributed by atoms with Crippen LogP contribution in [0, 0.1) is 25.1 Å². The molecule has 96 valence electrons. The Hall–Kier alpha value is -0.930. The van der Waals surface area contributed by atoms with Crippen LogP contribution in [0.5, 0.6) is 0 Å². The zero-order valence-corrected chi connectivity index (χ0v) is 11.1. The van der Waals surface area contributed by atoms with E-state index in [0.717, 1.165) is 5.56 Å². The highest BCUT2D eigenvalue weighted by Crippen LogP contribution is 2.33. The maximum Gasteiger partial charge on any atom is 0.129 e. The van der Waals surface area contributed by atoms with Gasteiger partial charge in [-0.1, -0.05) is 26.8 Å². The van der Waals surface area contributed by atoms with Gasteiger partial charge in [0.05, 0.1) is 6.10 Å². The normalized spacial score (nSPS) is 15.8. The Morgan fingerprint density at radius 2 is 1.65 bits per heavy atom. The van der Waals surface area contributed by atoms with Crippen molar-refractivity contribution in [3.05, 3.63) is 34.6 Å². The van der Waals surface area contributed by atoms with Crippen LogP contribution in [-0.4, -0.2) is 16.3 Å². The van der Waals surface area contributed by atoms with E-state index in [4.69, 9.17) is 0 Å². The molecule has 3 heteroatoms. The van der Waals surface area contributed by atoms with Crippen molar-refractivity contribution in [1.82, 2.24) is 0 Å². The first kappa shape index (κ1) is 14.1. The number of aliphatic hydroxyl groups is 2.